The molecule has 3 heterocycles. The fraction of sp³-hybridized carbons (Fsp3) is 0.304. The first-order valence-electron chi connectivity index (χ1n) is 10.3. The van der Waals surface area contributed by atoms with E-state index in [1.807, 2.05) is 0 Å². The molecule has 178 valence electrons. The van der Waals surface area contributed by atoms with Crippen LogP contribution in [0.1, 0.15) is 37.7 Å². The van der Waals surface area contributed by atoms with Gasteiger partial charge in [0.25, 0.3) is 5.91 Å². The minimum absolute atomic E-state index is 0.0251. The lowest BCUT2D eigenvalue weighted by Crippen LogP contribution is -2.37. The van der Waals surface area contributed by atoms with Gasteiger partial charge in [-0.05, 0) is 35.7 Å². The monoisotopic (exact) mass is 474 g/mol. The third kappa shape index (κ3) is 4.33. The summed E-state index contributed by atoms with van der Waals surface area (Å²) in [5.41, 5.74) is -0.0294. The van der Waals surface area contributed by atoms with Crippen LogP contribution >= 0.6 is 0 Å². The van der Waals surface area contributed by atoms with E-state index < -0.39 is 23.7 Å². The van der Waals surface area contributed by atoms with Crippen molar-refractivity contribution in [3.05, 3.63) is 64.7 Å². The molecule has 0 bridgehead atoms. The van der Waals surface area contributed by atoms with Crippen LogP contribution < -0.4 is 4.74 Å². The quantitative estimate of drug-likeness (QED) is 0.527. The first-order valence-corrected chi connectivity index (χ1v) is 10.3. The van der Waals surface area contributed by atoms with Crippen molar-refractivity contribution in [2.75, 3.05) is 20.8 Å². The first-order chi connectivity index (χ1) is 16.1. The van der Waals surface area contributed by atoms with Crippen molar-refractivity contribution in [3.8, 4) is 16.9 Å². The van der Waals surface area contributed by atoms with Crippen LogP contribution in [0.5, 0.6) is 5.75 Å². The van der Waals surface area contributed by atoms with Gasteiger partial charge in [-0.25, -0.2) is 4.79 Å². The van der Waals surface area contributed by atoms with Crippen LogP contribution in [0.25, 0.3) is 11.1 Å². The van der Waals surface area contributed by atoms with E-state index in [4.69, 9.17) is 9.47 Å². The van der Waals surface area contributed by atoms with Gasteiger partial charge in [-0.2, -0.15) is 18.3 Å². The maximum atomic E-state index is 13.7. The smallest absolute Gasteiger partial charge is 0.435 e. The third-order valence-electron chi connectivity index (χ3n) is 5.58. The standard InChI is InChI=1S/C23H21F3N4O4/c1-29-12-19(20(28-29)23(24,25)26)17-8-13(22(32)34-3)9-18-16(17)5-7-30(21(18)31)11-14-10-15(33-2)4-6-27-14/h4,6,8-10,12H,5,7,11H2,1-3H3. The normalized spacial score (nSPS) is 13.6. The highest BCUT2D eigenvalue weighted by Gasteiger charge is 2.39. The Bertz CT molecular complexity index is 1270. The lowest BCUT2D eigenvalue weighted by molar-refractivity contribution is -0.140. The van der Waals surface area contributed by atoms with E-state index in [0.717, 1.165) is 11.8 Å². The number of ether oxygens (including phenoxy) is 2. The molecule has 1 amide bonds. The molecular weight excluding hydrogens is 453 g/mol. The molecule has 1 aromatic carbocycles. The number of carbonyl (C=O) groups excluding carboxylic acids is 2. The summed E-state index contributed by atoms with van der Waals surface area (Å²) in [6.07, 6.45) is -1.64. The number of fused-ring (bicyclic) bond motifs is 1. The zero-order valence-corrected chi connectivity index (χ0v) is 18.6. The number of esters is 1. The predicted octanol–water partition coefficient (Wildman–Crippen LogP) is 3.49. The van der Waals surface area contributed by atoms with Crippen molar-refractivity contribution in [2.24, 2.45) is 7.05 Å². The van der Waals surface area contributed by atoms with E-state index in [9.17, 15) is 22.8 Å². The van der Waals surface area contributed by atoms with E-state index in [1.165, 1.54) is 37.4 Å². The summed E-state index contributed by atoms with van der Waals surface area (Å²) in [7, 11) is 4.06. The van der Waals surface area contributed by atoms with Crippen molar-refractivity contribution in [1.82, 2.24) is 19.7 Å². The molecule has 0 atom stereocenters. The number of aryl methyl sites for hydroxylation is 1. The van der Waals surface area contributed by atoms with E-state index in [2.05, 4.69) is 10.1 Å². The molecule has 1 aliphatic rings. The zero-order valence-electron chi connectivity index (χ0n) is 18.6. The number of alkyl halides is 3. The molecule has 34 heavy (non-hydrogen) atoms. The van der Waals surface area contributed by atoms with Crippen LogP contribution in [0.15, 0.2) is 36.7 Å². The van der Waals surface area contributed by atoms with Gasteiger partial charge in [0.1, 0.15) is 5.75 Å². The number of rotatable bonds is 5. The van der Waals surface area contributed by atoms with Crippen molar-refractivity contribution >= 4 is 11.9 Å². The summed E-state index contributed by atoms with van der Waals surface area (Å²) >= 11 is 0. The average molecular weight is 474 g/mol. The van der Waals surface area contributed by atoms with Crippen LogP contribution in [0.4, 0.5) is 13.2 Å². The summed E-state index contributed by atoms with van der Waals surface area (Å²) in [5.74, 6) is -0.599. The average Bonchev–Trinajstić information content (AvgIpc) is 3.22. The summed E-state index contributed by atoms with van der Waals surface area (Å²) < 4.78 is 52.1. The SMILES string of the molecule is COC(=O)c1cc2c(c(-c3cn(C)nc3C(F)(F)F)c1)CCN(Cc1cc(OC)ccn1)C2=O. The number of nitrogens with zero attached hydrogens (tertiary/aromatic N) is 4. The number of pyridine rings is 1. The molecular formula is C23H21F3N4O4. The van der Waals surface area contributed by atoms with Gasteiger partial charge >= 0.3 is 12.1 Å². The van der Waals surface area contributed by atoms with Gasteiger partial charge in [-0.1, -0.05) is 0 Å². The molecule has 0 fully saturated rings. The largest absolute Gasteiger partial charge is 0.497 e. The Morgan fingerprint density at radius 3 is 2.56 bits per heavy atom. The van der Waals surface area contributed by atoms with E-state index in [1.54, 1.807) is 18.3 Å². The van der Waals surface area contributed by atoms with Crippen molar-refractivity contribution < 1.29 is 32.2 Å². The van der Waals surface area contributed by atoms with Gasteiger partial charge in [0, 0.05) is 43.2 Å². The van der Waals surface area contributed by atoms with Crippen LogP contribution in [0, 0.1) is 0 Å². The second-order valence-corrected chi connectivity index (χ2v) is 7.77. The molecule has 0 saturated carbocycles. The summed E-state index contributed by atoms with van der Waals surface area (Å²) in [6, 6.07) is 6.06. The highest BCUT2D eigenvalue weighted by Crippen LogP contribution is 2.40. The Balaban J connectivity index is 1.81. The summed E-state index contributed by atoms with van der Waals surface area (Å²) in [4.78, 5) is 31.5. The molecule has 0 spiro atoms. The van der Waals surface area contributed by atoms with Crippen molar-refractivity contribution in [1.29, 1.82) is 0 Å². The Kier molecular flexibility index (Phi) is 6.03. The number of halogens is 3. The lowest BCUT2D eigenvalue weighted by atomic mass is 9.88. The number of aromatic nitrogens is 3. The second-order valence-electron chi connectivity index (χ2n) is 7.77. The summed E-state index contributed by atoms with van der Waals surface area (Å²) in [6.45, 7) is 0.435. The van der Waals surface area contributed by atoms with E-state index in [0.29, 0.717) is 17.0 Å². The molecule has 0 aliphatic carbocycles. The Morgan fingerprint density at radius 2 is 1.88 bits per heavy atom. The number of amides is 1. The molecule has 0 radical (unpaired) electrons. The molecule has 0 N–H and O–H groups in total. The predicted molar refractivity (Wildman–Crippen MR) is 114 cm³/mol. The highest BCUT2D eigenvalue weighted by molar-refractivity contribution is 6.02. The zero-order chi connectivity index (χ0) is 24.6. The van der Waals surface area contributed by atoms with Crippen LogP contribution in [-0.4, -0.2) is 52.3 Å². The Morgan fingerprint density at radius 1 is 1.15 bits per heavy atom. The van der Waals surface area contributed by atoms with Gasteiger partial charge in [-0.3, -0.25) is 14.5 Å². The topological polar surface area (TPSA) is 86.6 Å². The van der Waals surface area contributed by atoms with E-state index in [-0.39, 0.29) is 41.8 Å². The van der Waals surface area contributed by atoms with Gasteiger partial charge in [0.15, 0.2) is 5.69 Å². The maximum Gasteiger partial charge on any atom is 0.435 e. The summed E-state index contributed by atoms with van der Waals surface area (Å²) in [5, 5.41) is 3.57. The number of carbonyl (C=O) groups is 2. The van der Waals surface area contributed by atoms with Gasteiger partial charge < -0.3 is 14.4 Å². The fourth-order valence-corrected chi connectivity index (χ4v) is 4.04. The van der Waals surface area contributed by atoms with Gasteiger partial charge in [0.05, 0.1) is 32.0 Å². The number of benzene rings is 1. The van der Waals surface area contributed by atoms with Crippen molar-refractivity contribution in [3.63, 3.8) is 0 Å². The third-order valence-corrected chi connectivity index (χ3v) is 5.58. The Labute approximate surface area is 192 Å². The van der Waals surface area contributed by atoms with Gasteiger partial charge in [-0.15, -0.1) is 0 Å². The molecule has 0 unspecified atom stereocenters. The molecule has 8 nitrogen and oxygen atoms in total. The van der Waals surface area contributed by atoms with E-state index >= 15 is 0 Å². The van der Waals surface area contributed by atoms with Crippen LogP contribution in [0.2, 0.25) is 0 Å². The number of methoxy groups -OCH3 is 2. The lowest BCUT2D eigenvalue weighted by Gasteiger charge is -2.30. The first kappa shape index (κ1) is 23.3. The molecule has 11 heteroatoms. The minimum Gasteiger partial charge on any atom is -0.497 e. The van der Waals surface area contributed by atoms with Crippen molar-refractivity contribution in [2.45, 2.75) is 19.1 Å². The maximum absolute atomic E-state index is 13.7. The highest BCUT2D eigenvalue weighted by atomic mass is 19.4. The number of hydrogen-bond donors (Lipinski definition) is 0. The number of hydrogen-bond acceptors (Lipinski definition) is 6. The molecule has 4 rings (SSSR count). The molecule has 1 aliphatic heterocycles. The second kappa shape index (κ2) is 8.81. The minimum atomic E-state index is -4.71. The van der Waals surface area contributed by atoms with Gasteiger partial charge in [0.2, 0.25) is 0 Å². The Hall–Kier alpha value is -3.89. The van der Waals surface area contributed by atoms with Crippen LogP contribution in [0.3, 0.4) is 0 Å². The molecule has 2 aromatic heterocycles. The fourth-order valence-electron chi connectivity index (χ4n) is 4.04. The molecule has 3 aromatic rings. The van der Waals surface area contributed by atoms with Crippen LogP contribution in [-0.2, 0) is 30.9 Å². The molecule has 0 saturated heterocycles.